The first-order valence-corrected chi connectivity index (χ1v) is 6.32. The van der Waals surface area contributed by atoms with Crippen LogP contribution in [-0.4, -0.2) is 26.4 Å². The summed E-state index contributed by atoms with van der Waals surface area (Å²) in [6.07, 6.45) is 3.49. The molecule has 2 N–H and O–H groups in total. The normalized spacial score (nSPS) is 23.1. The van der Waals surface area contributed by atoms with E-state index in [-0.39, 0.29) is 12.1 Å². The Labute approximate surface area is 108 Å². The molecule has 100 valence electrons. The number of methoxy groups -OCH3 is 2. The summed E-state index contributed by atoms with van der Waals surface area (Å²) in [7, 11) is 3.26. The quantitative estimate of drug-likeness (QED) is 0.870. The van der Waals surface area contributed by atoms with Gasteiger partial charge in [-0.2, -0.15) is 0 Å². The third kappa shape index (κ3) is 2.94. The van der Waals surface area contributed by atoms with Gasteiger partial charge in [-0.1, -0.05) is 6.07 Å². The highest BCUT2D eigenvalue weighted by molar-refractivity contribution is 5.42. The molecule has 0 bridgehead atoms. The Morgan fingerprint density at radius 1 is 1.17 bits per heavy atom. The van der Waals surface area contributed by atoms with Gasteiger partial charge >= 0.3 is 0 Å². The van der Waals surface area contributed by atoms with E-state index in [1.165, 1.54) is 0 Å². The number of hydrogen-bond donors (Lipinski definition) is 1. The lowest BCUT2D eigenvalue weighted by molar-refractivity contribution is 0.0356. The minimum Gasteiger partial charge on any atom is -0.493 e. The van der Waals surface area contributed by atoms with E-state index in [1.807, 2.05) is 18.2 Å². The highest BCUT2D eigenvalue weighted by atomic mass is 16.5. The van der Waals surface area contributed by atoms with Gasteiger partial charge in [-0.05, 0) is 37.0 Å². The maximum Gasteiger partial charge on any atom is 0.161 e. The second-order valence-corrected chi connectivity index (χ2v) is 4.63. The van der Waals surface area contributed by atoms with E-state index >= 15 is 0 Å². The van der Waals surface area contributed by atoms with Crippen molar-refractivity contribution in [3.05, 3.63) is 23.8 Å². The van der Waals surface area contributed by atoms with Crippen LogP contribution in [0.15, 0.2) is 18.2 Å². The van der Waals surface area contributed by atoms with Gasteiger partial charge in [0, 0.05) is 6.04 Å². The van der Waals surface area contributed by atoms with Gasteiger partial charge in [0.15, 0.2) is 11.5 Å². The summed E-state index contributed by atoms with van der Waals surface area (Å²) >= 11 is 0. The summed E-state index contributed by atoms with van der Waals surface area (Å²) in [6.45, 7) is 0.568. The van der Waals surface area contributed by atoms with Crippen molar-refractivity contribution in [2.75, 3.05) is 14.2 Å². The summed E-state index contributed by atoms with van der Waals surface area (Å²) in [4.78, 5) is 0. The van der Waals surface area contributed by atoms with Crippen molar-refractivity contribution in [1.29, 1.82) is 0 Å². The SMILES string of the molecule is COc1ccc(COC2CCCC2N)cc1OC. The zero-order valence-corrected chi connectivity index (χ0v) is 11.0. The first-order valence-electron chi connectivity index (χ1n) is 6.32. The lowest BCUT2D eigenvalue weighted by Crippen LogP contribution is -2.31. The van der Waals surface area contributed by atoms with Gasteiger partial charge in [0.1, 0.15) is 0 Å². The van der Waals surface area contributed by atoms with Gasteiger partial charge < -0.3 is 19.9 Å². The first-order chi connectivity index (χ1) is 8.74. The van der Waals surface area contributed by atoms with Crippen LogP contribution in [0.5, 0.6) is 11.5 Å². The third-order valence-corrected chi connectivity index (χ3v) is 3.42. The Hall–Kier alpha value is -1.26. The molecule has 1 aromatic rings. The van der Waals surface area contributed by atoms with Crippen LogP contribution in [0.25, 0.3) is 0 Å². The molecule has 1 fully saturated rings. The Morgan fingerprint density at radius 3 is 2.56 bits per heavy atom. The largest absolute Gasteiger partial charge is 0.493 e. The molecule has 2 rings (SSSR count). The van der Waals surface area contributed by atoms with E-state index in [0.29, 0.717) is 6.61 Å². The third-order valence-electron chi connectivity index (χ3n) is 3.42. The number of nitrogens with two attached hydrogens (primary N) is 1. The van der Waals surface area contributed by atoms with Crippen molar-refractivity contribution < 1.29 is 14.2 Å². The zero-order valence-electron chi connectivity index (χ0n) is 11.0. The number of rotatable bonds is 5. The smallest absolute Gasteiger partial charge is 0.161 e. The molecule has 2 atom stereocenters. The highest BCUT2D eigenvalue weighted by Gasteiger charge is 2.24. The average molecular weight is 251 g/mol. The average Bonchev–Trinajstić information content (AvgIpc) is 2.81. The van der Waals surface area contributed by atoms with Gasteiger partial charge in [-0.25, -0.2) is 0 Å². The van der Waals surface area contributed by atoms with Crippen molar-refractivity contribution in [2.24, 2.45) is 5.73 Å². The standard InChI is InChI=1S/C14H21NO3/c1-16-13-7-6-10(8-14(13)17-2)9-18-12-5-3-4-11(12)15/h6-8,11-12H,3-5,9,15H2,1-2H3. The molecule has 2 unspecified atom stereocenters. The monoisotopic (exact) mass is 251 g/mol. The Bertz CT molecular complexity index is 395. The molecule has 4 heteroatoms. The first kappa shape index (κ1) is 13.2. The van der Waals surface area contributed by atoms with Crippen LogP contribution in [0.2, 0.25) is 0 Å². The number of benzene rings is 1. The molecule has 0 amide bonds. The van der Waals surface area contributed by atoms with Crippen LogP contribution >= 0.6 is 0 Å². The molecule has 1 aliphatic rings. The molecule has 0 radical (unpaired) electrons. The summed E-state index contributed by atoms with van der Waals surface area (Å²) in [6, 6.07) is 6.01. The van der Waals surface area contributed by atoms with E-state index in [9.17, 15) is 0 Å². The van der Waals surface area contributed by atoms with Crippen molar-refractivity contribution in [3.63, 3.8) is 0 Å². The second kappa shape index (κ2) is 6.07. The fraction of sp³-hybridized carbons (Fsp3) is 0.571. The van der Waals surface area contributed by atoms with Gasteiger partial charge in [0.05, 0.1) is 26.9 Å². The van der Waals surface area contributed by atoms with Gasteiger partial charge in [-0.3, -0.25) is 0 Å². The molecule has 1 saturated carbocycles. The second-order valence-electron chi connectivity index (χ2n) is 4.63. The Kier molecular flexibility index (Phi) is 4.44. The van der Waals surface area contributed by atoms with Crippen LogP contribution in [-0.2, 0) is 11.3 Å². The molecule has 0 aromatic heterocycles. The van der Waals surface area contributed by atoms with Crippen LogP contribution in [0.4, 0.5) is 0 Å². The molecular weight excluding hydrogens is 230 g/mol. The zero-order chi connectivity index (χ0) is 13.0. The van der Waals surface area contributed by atoms with E-state index in [1.54, 1.807) is 14.2 Å². The van der Waals surface area contributed by atoms with E-state index in [0.717, 1.165) is 36.3 Å². The molecule has 4 nitrogen and oxygen atoms in total. The van der Waals surface area contributed by atoms with E-state index < -0.39 is 0 Å². The van der Waals surface area contributed by atoms with Gasteiger partial charge in [0.25, 0.3) is 0 Å². The van der Waals surface area contributed by atoms with Crippen LogP contribution in [0.1, 0.15) is 24.8 Å². The number of ether oxygens (including phenoxy) is 3. The fourth-order valence-electron chi connectivity index (χ4n) is 2.34. The summed E-state index contributed by atoms with van der Waals surface area (Å²) in [5.74, 6) is 1.47. The minimum absolute atomic E-state index is 0.185. The van der Waals surface area contributed by atoms with Gasteiger partial charge in [-0.15, -0.1) is 0 Å². The van der Waals surface area contributed by atoms with E-state index in [2.05, 4.69) is 0 Å². The maximum absolute atomic E-state index is 5.98. The Morgan fingerprint density at radius 2 is 1.94 bits per heavy atom. The van der Waals surface area contributed by atoms with Crippen molar-refractivity contribution in [1.82, 2.24) is 0 Å². The molecule has 0 aliphatic heterocycles. The summed E-state index contributed by atoms with van der Waals surface area (Å²) in [5, 5.41) is 0. The van der Waals surface area contributed by atoms with E-state index in [4.69, 9.17) is 19.9 Å². The van der Waals surface area contributed by atoms with Crippen molar-refractivity contribution >= 4 is 0 Å². The fourth-order valence-corrected chi connectivity index (χ4v) is 2.34. The molecular formula is C14H21NO3. The van der Waals surface area contributed by atoms with Gasteiger partial charge in [0.2, 0.25) is 0 Å². The van der Waals surface area contributed by atoms with Crippen LogP contribution in [0.3, 0.4) is 0 Å². The molecule has 0 saturated heterocycles. The lowest BCUT2D eigenvalue weighted by atomic mass is 10.2. The highest BCUT2D eigenvalue weighted by Crippen LogP contribution is 2.28. The van der Waals surface area contributed by atoms with Crippen LogP contribution < -0.4 is 15.2 Å². The topological polar surface area (TPSA) is 53.7 Å². The molecule has 0 spiro atoms. The maximum atomic E-state index is 5.98. The van der Waals surface area contributed by atoms with Crippen LogP contribution in [0, 0.1) is 0 Å². The van der Waals surface area contributed by atoms with Crippen molar-refractivity contribution in [2.45, 2.75) is 38.0 Å². The summed E-state index contributed by atoms with van der Waals surface area (Å²) < 4.78 is 16.3. The van der Waals surface area contributed by atoms with Crippen molar-refractivity contribution in [3.8, 4) is 11.5 Å². The molecule has 18 heavy (non-hydrogen) atoms. The number of hydrogen-bond acceptors (Lipinski definition) is 4. The molecule has 0 heterocycles. The molecule has 1 aliphatic carbocycles. The predicted octanol–water partition coefficient (Wildman–Crippen LogP) is 2.10. The Balaban J connectivity index is 1.97. The molecule has 1 aromatic carbocycles. The lowest BCUT2D eigenvalue weighted by Gasteiger charge is -2.17. The predicted molar refractivity (Wildman–Crippen MR) is 69.9 cm³/mol. The summed E-state index contributed by atoms with van der Waals surface area (Å²) in [5.41, 5.74) is 7.05. The minimum atomic E-state index is 0.185.